The molecule has 0 spiro atoms. The molecule has 2 amide bonds. The molecule has 0 radical (unpaired) electrons. The number of anilines is 1. The predicted octanol–water partition coefficient (Wildman–Crippen LogP) is 0.720. The van der Waals surface area contributed by atoms with Gasteiger partial charge in [-0.2, -0.15) is 4.57 Å². The van der Waals surface area contributed by atoms with E-state index in [9.17, 15) is 19.5 Å². The number of rotatable bonds is 7. The molecule has 2 aliphatic rings. The number of aliphatic carboxylic acids is 1. The number of nitrogen functional groups attached to an aromatic ring is 1. The Labute approximate surface area is 216 Å². The molecular formula is C21H20N7O5S3+. The molecular weight excluding hydrogens is 526 g/mol. The minimum Gasteiger partial charge on any atom is -0.477 e. The molecule has 0 aliphatic carbocycles. The third-order valence-electron chi connectivity index (χ3n) is 5.57. The average molecular weight is 547 g/mol. The van der Waals surface area contributed by atoms with Crippen molar-refractivity contribution in [1.29, 1.82) is 0 Å². The summed E-state index contributed by atoms with van der Waals surface area (Å²) in [7, 11) is 1.29. The first kappa shape index (κ1) is 24.1. The number of nitrogens with two attached hydrogens (primary N) is 1. The van der Waals surface area contributed by atoms with Gasteiger partial charge in [-0.25, -0.2) is 14.8 Å². The van der Waals surface area contributed by atoms with Crippen LogP contribution in [-0.2, 0) is 25.8 Å². The van der Waals surface area contributed by atoms with E-state index in [0.29, 0.717) is 17.9 Å². The van der Waals surface area contributed by atoms with Crippen LogP contribution >= 0.6 is 34.4 Å². The van der Waals surface area contributed by atoms with Crippen LogP contribution in [0.2, 0.25) is 0 Å². The molecule has 0 aromatic carbocycles. The third-order valence-corrected chi connectivity index (χ3v) is 8.50. The molecule has 2 aliphatic heterocycles. The number of hydrogen-bond donors (Lipinski definition) is 3. The van der Waals surface area contributed by atoms with Gasteiger partial charge in [0.05, 0.1) is 10.5 Å². The van der Waals surface area contributed by atoms with Gasteiger partial charge < -0.3 is 21.0 Å². The molecule has 0 bridgehead atoms. The number of hydrogen-bond acceptors (Lipinski definition) is 11. The van der Waals surface area contributed by atoms with E-state index in [4.69, 9.17) is 10.6 Å². The zero-order chi connectivity index (χ0) is 25.6. The predicted molar refractivity (Wildman–Crippen MR) is 134 cm³/mol. The summed E-state index contributed by atoms with van der Waals surface area (Å²) < 4.78 is 2.88. The summed E-state index contributed by atoms with van der Waals surface area (Å²) >= 11 is 4.08. The van der Waals surface area contributed by atoms with Gasteiger partial charge in [0.2, 0.25) is 0 Å². The molecule has 3 aromatic rings. The van der Waals surface area contributed by atoms with Crippen molar-refractivity contribution >= 4 is 73.3 Å². The minimum absolute atomic E-state index is 0.0552. The lowest BCUT2D eigenvalue weighted by molar-refractivity contribution is -0.687. The highest BCUT2D eigenvalue weighted by Gasteiger charge is 2.54. The lowest BCUT2D eigenvalue weighted by Gasteiger charge is -2.49. The maximum absolute atomic E-state index is 13.0. The molecule has 186 valence electrons. The summed E-state index contributed by atoms with van der Waals surface area (Å²) in [5.74, 6) is -1.99. The van der Waals surface area contributed by atoms with Crippen molar-refractivity contribution in [1.82, 2.24) is 20.2 Å². The fourth-order valence-electron chi connectivity index (χ4n) is 4.06. The number of aryl methyl sites for hydroxylation is 1. The molecule has 36 heavy (non-hydrogen) atoms. The van der Waals surface area contributed by atoms with E-state index in [2.05, 4.69) is 20.4 Å². The number of amides is 2. The number of nitrogens with zero attached hydrogens (tertiary/aromatic N) is 5. The zero-order valence-electron chi connectivity index (χ0n) is 19.0. The molecule has 1 unspecified atom stereocenters. The number of thiazole rings is 2. The first-order chi connectivity index (χ1) is 17.3. The van der Waals surface area contributed by atoms with Crippen molar-refractivity contribution < 1.29 is 28.9 Å². The molecule has 1 saturated heterocycles. The Kier molecular flexibility index (Phi) is 6.36. The van der Waals surface area contributed by atoms with Crippen LogP contribution in [0.25, 0.3) is 10.2 Å². The van der Waals surface area contributed by atoms with Crippen molar-refractivity contribution in [3.63, 3.8) is 0 Å². The van der Waals surface area contributed by atoms with Crippen molar-refractivity contribution in [2.24, 2.45) is 5.16 Å². The van der Waals surface area contributed by atoms with Gasteiger partial charge in [-0.3, -0.25) is 14.5 Å². The third kappa shape index (κ3) is 4.29. The standard InChI is InChI=1S/C21H19N7O5S3/c1-9-23-11-3-4-27(6-13(11)36-9)5-10-7-34-19-15(18(30)28(19)16(10)20(31)32)25-17(29)14(26-33-2)12-8-35-21(22)24-12/h3-4,6,8,15,19H,5,7H2,1-2H3,(H3-,22,24,25,29,31,32)/p+1/t15?,19-/m0/s1. The fourth-order valence-corrected chi connectivity index (χ4v) is 6.81. The zero-order valence-corrected chi connectivity index (χ0v) is 21.4. The van der Waals surface area contributed by atoms with Gasteiger partial charge in [-0.1, -0.05) is 5.16 Å². The Bertz CT molecular complexity index is 1460. The molecule has 5 heterocycles. The van der Waals surface area contributed by atoms with E-state index in [1.807, 2.05) is 30.0 Å². The SMILES string of the molecule is CON=C(C(=O)NC1C(=O)N2C(C(=O)O)=C(C[n+]3ccc4nc(C)sc4c3)CS[C@@H]12)c1csc(N)n1. The highest BCUT2D eigenvalue weighted by Crippen LogP contribution is 2.40. The van der Waals surface area contributed by atoms with Gasteiger partial charge in [-0.15, -0.1) is 34.4 Å². The van der Waals surface area contributed by atoms with E-state index < -0.39 is 29.2 Å². The number of carboxylic acid groups (broad SMARTS) is 1. The maximum atomic E-state index is 13.0. The van der Waals surface area contributed by atoms with Gasteiger partial charge in [-0.05, 0) is 6.92 Å². The minimum atomic E-state index is -1.19. The summed E-state index contributed by atoms with van der Waals surface area (Å²) in [4.78, 5) is 52.6. The average Bonchev–Trinajstić information content (AvgIpc) is 3.44. The van der Waals surface area contributed by atoms with Crippen molar-refractivity contribution in [3.05, 3.63) is 45.8 Å². The summed E-state index contributed by atoms with van der Waals surface area (Å²) in [6.07, 6.45) is 3.76. The van der Waals surface area contributed by atoms with E-state index in [1.165, 1.54) is 23.8 Å². The maximum Gasteiger partial charge on any atom is 0.352 e. The summed E-state index contributed by atoms with van der Waals surface area (Å²) in [6, 6.07) is 0.967. The Morgan fingerprint density at radius 2 is 2.22 bits per heavy atom. The summed E-state index contributed by atoms with van der Waals surface area (Å²) in [5, 5.41) is 18.5. The van der Waals surface area contributed by atoms with Crippen LogP contribution in [0.4, 0.5) is 5.13 Å². The van der Waals surface area contributed by atoms with Crippen LogP contribution in [0, 0.1) is 6.92 Å². The molecule has 5 rings (SSSR count). The van der Waals surface area contributed by atoms with Crippen molar-refractivity contribution in [2.75, 3.05) is 18.6 Å². The van der Waals surface area contributed by atoms with Crippen LogP contribution in [0.1, 0.15) is 10.7 Å². The van der Waals surface area contributed by atoms with Crippen LogP contribution in [0.5, 0.6) is 0 Å². The molecule has 1 fully saturated rings. The molecule has 3 aromatic heterocycles. The highest BCUT2D eigenvalue weighted by molar-refractivity contribution is 8.00. The van der Waals surface area contributed by atoms with Gasteiger partial charge in [0, 0.05) is 22.8 Å². The molecule has 15 heteroatoms. The van der Waals surface area contributed by atoms with Crippen molar-refractivity contribution in [3.8, 4) is 0 Å². The van der Waals surface area contributed by atoms with Crippen LogP contribution in [0.15, 0.2) is 40.3 Å². The number of pyridine rings is 1. The second kappa shape index (κ2) is 9.48. The molecule has 12 nitrogen and oxygen atoms in total. The van der Waals surface area contributed by atoms with Gasteiger partial charge in [0.15, 0.2) is 29.8 Å². The number of nitrogens with one attached hydrogen (secondary N) is 1. The van der Waals surface area contributed by atoms with Gasteiger partial charge in [0.1, 0.15) is 34.6 Å². The number of aromatic nitrogens is 3. The second-order valence-corrected chi connectivity index (χ2v) is 11.1. The molecule has 4 N–H and O–H groups in total. The van der Waals surface area contributed by atoms with Crippen LogP contribution in [0.3, 0.4) is 0 Å². The number of fused-ring (bicyclic) bond motifs is 2. The first-order valence-corrected chi connectivity index (χ1v) is 13.3. The Balaban J connectivity index is 1.36. The topological polar surface area (TPSA) is 164 Å². The van der Waals surface area contributed by atoms with E-state index >= 15 is 0 Å². The Morgan fingerprint density at radius 3 is 2.92 bits per heavy atom. The van der Waals surface area contributed by atoms with Crippen molar-refractivity contribution in [2.45, 2.75) is 24.9 Å². The number of β-lactam (4-membered cyclic amide) rings is 1. The number of carboxylic acids is 1. The number of oxime groups is 1. The number of carbonyl (C=O) groups is 3. The number of thioether (sulfide) groups is 1. The summed E-state index contributed by atoms with van der Waals surface area (Å²) in [6.45, 7) is 2.24. The fraction of sp³-hybridized carbons (Fsp3) is 0.286. The Hall–Kier alpha value is -3.56. The lowest BCUT2D eigenvalue weighted by Crippen LogP contribution is -2.71. The van der Waals surface area contributed by atoms with Gasteiger partial charge in [0.25, 0.3) is 11.8 Å². The summed E-state index contributed by atoms with van der Waals surface area (Å²) in [5.41, 5.74) is 7.17. The second-order valence-electron chi connectivity index (χ2n) is 7.91. The number of carbonyl (C=O) groups excluding carboxylic acids is 2. The van der Waals surface area contributed by atoms with Crippen LogP contribution < -0.4 is 15.6 Å². The lowest BCUT2D eigenvalue weighted by atomic mass is 10.0. The smallest absolute Gasteiger partial charge is 0.352 e. The molecule has 0 saturated carbocycles. The molecule has 2 atom stereocenters. The van der Waals surface area contributed by atoms with Gasteiger partial charge >= 0.3 is 5.97 Å². The van der Waals surface area contributed by atoms with E-state index in [-0.39, 0.29) is 22.2 Å². The van der Waals surface area contributed by atoms with E-state index in [1.54, 1.807) is 16.7 Å². The monoisotopic (exact) mass is 546 g/mol. The Morgan fingerprint density at radius 1 is 1.42 bits per heavy atom. The largest absolute Gasteiger partial charge is 0.477 e. The highest BCUT2D eigenvalue weighted by atomic mass is 32.2. The quantitative estimate of drug-likeness (QED) is 0.168. The first-order valence-electron chi connectivity index (χ1n) is 10.6. The van der Waals surface area contributed by atoms with E-state index in [0.717, 1.165) is 26.6 Å². The normalized spacial score (nSPS) is 19.8. The van der Waals surface area contributed by atoms with Crippen LogP contribution in [-0.4, -0.2) is 67.7 Å².